The Kier molecular flexibility index (Phi) is 2.33. The molecule has 0 aromatic carbocycles. The van der Waals surface area contributed by atoms with Crippen LogP contribution in [0.15, 0.2) is 12.3 Å². The molecule has 1 aromatic rings. The van der Waals surface area contributed by atoms with Gasteiger partial charge >= 0.3 is 0 Å². The van der Waals surface area contributed by atoms with Crippen LogP contribution in [0.3, 0.4) is 0 Å². The van der Waals surface area contributed by atoms with E-state index in [0.717, 1.165) is 18.8 Å². The molecule has 1 saturated heterocycles. The smallest absolute Gasteiger partial charge is 0.224 e. The molecule has 4 nitrogen and oxygen atoms in total. The largest absolute Gasteiger partial charge is 0.388 e. The lowest BCUT2D eigenvalue weighted by Crippen LogP contribution is -2.30. The van der Waals surface area contributed by atoms with Crippen molar-refractivity contribution >= 4 is 17.4 Å². The average Bonchev–Trinajstić information content (AvgIpc) is 2.46. The maximum Gasteiger partial charge on any atom is 0.224 e. The third kappa shape index (κ3) is 1.96. The molecule has 1 aliphatic rings. The predicted octanol–water partition coefficient (Wildman–Crippen LogP) is 1.09. The van der Waals surface area contributed by atoms with Crippen LogP contribution in [-0.4, -0.2) is 33.8 Å². The fraction of sp³-hybridized carbons (Fsp3) is 0.556. The van der Waals surface area contributed by atoms with Crippen molar-refractivity contribution in [2.24, 2.45) is 0 Å². The second kappa shape index (κ2) is 3.37. The van der Waals surface area contributed by atoms with Crippen LogP contribution < -0.4 is 4.90 Å². The van der Waals surface area contributed by atoms with Crippen LogP contribution in [0.2, 0.25) is 5.28 Å². The molecule has 1 unspecified atom stereocenters. The van der Waals surface area contributed by atoms with Gasteiger partial charge in [-0.1, -0.05) is 0 Å². The van der Waals surface area contributed by atoms with Crippen LogP contribution in [0.5, 0.6) is 0 Å². The molecule has 5 heteroatoms. The first-order chi connectivity index (χ1) is 6.57. The van der Waals surface area contributed by atoms with Crippen molar-refractivity contribution in [2.75, 3.05) is 18.0 Å². The zero-order valence-corrected chi connectivity index (χ0v) is 8.70. The topological polar surface area (TPSA) is 49.2 Å². The number of β-amino-alcohol motifs (C(OH)–C–C–N with tert-alkyl or cyclic N) is 1. The predicted molar refractivity (Wildman–Crippen MR) is 54.5 cm³/mol. The van der Waals surface area contributed by atoms with Crippen LogP contribution in [0, 0.1) is 0 Å². The highest BCUT2D eigenvalue weighted by atomic mass is 35.5. The van der Waals surface area contributed by atoms with Gasteiger partial charge in [-0.05, 0) is 31.0 Å². The van der Waals surface area contributed by atoms with Crippen LogP contribution in [0.1, 0.15) is 13.3 Å². The minimum absolute atomic E-state index is 0.244. The first kappa shape index (κ1) is 9.68. The van der Waals surface area contributed by atoms with Crippen molar-refractivity contribution in [3.8, 4) is 0 Å². The van der Waals surface area contributed by atoms with Gasteiger partial charge < -0.3 is 10.0 Å². The molecule has 2 heterocycles. The van der Waals surface area contributed by atoms with E-state index in [0.29, 0.717) is 6.54 Å². The molecule has 0 spiro atoms. The molecule has 0 aliphatic carbocycles. The van der Waals surface area contributed by atoms with Crippen molar-refractivity contribution < 1.29 is 5.11 Å². The summed E-state index contributed by atoms with van der Waals surface area (Å²) in [5.74, 6) is 0.780. The Labute approximate surface area is 87.5 Å². The van der Waals surface area contributed by atoms with Gasteiger partial charge in [-0.3, -0.25) is 0 Å². The van der Waals surface area contributed by atoms with E-state index >= 15 is 0 Å². The summed E-state index contributed by atoms with van der Waals surface area (Å²) in [7, 11) is 0. The maximum atomic E-state index is 9.78. The summed E-state index contributed by atoms with van der Waals surface area (Å²) in [6, 6.07) is 1.80. The van der Waals surface area contributed by atoms with Crippen LogP contribution in [0.25, 0.3) is 0 Å². The molecule has 0 radical (unpaired) electrons. The summed E-state index contributed by atoms with van der Waals surface area (Å²) < 4.78 is 0. The molecular formula is C9H12ClN3O. The van der Waals surface area contributed by atoms with Crippen molar-refractivity contribution in [3.05, 3.63) is 17.5 Å². The number of hydrogen-bond acceptors (Lipinski definition) is 4. The second-order valence-electron chi connectivity index (χ2n) is 3.85. The number of anilines is 1. The van der Waals surface area contributed by atoms with Crippen molar-refractivity contribution in [1.82, 2.24) is 9.97 Å². The van der Waals surface area contributed by atoms with Gasteiger partial charge in [-0.25, -0.2) is 9.97 Å². The van der Waals surface area contributed by atoms with E-state index in [4.69, 9.17) is 11.6 Å². The molecule has 76 valence electrons. The van der Waals surface area contributed by atoms with Gasteiger partial charge in [-0.2, -0.15) is 0 Å². The maximum absolute atomic E-state index is 9.78. The molecule has 14 heavy (non-hydrogen) atoms. The van der Waals surface area contributed by atoms with Crippen LogP contribution in [0.4, 0.5) is 5.82 Å². The van der Waals surface area contributed by atoms with E-state index in [9.17, 15) is 5.11 Å². The highest BCUT2D eigenvalue weighted by Crippen LogP contribution is 2.24. The Hall–Kier alpha value is -0.870. The fourth-order valence-corrected chi connectivity index (χ4v) is 1.79. The lowest BCUT2D eigenvalue weighted by molar-refractivity contribution is 0.0839. The molecule has 0 saturated carbocycles. The van der Waals surface area contributed by atoms with E-state index in [2.05, 4.69) is 9.97 Å². The first-order valence-electron chi connectivity index (χ1n) is 4.53. The number of halogens is 1. The van der Waals surface area contributed by atoms with E-state index < -0.39 is 5.60 Å². The van der Waals surface area contributed by atoms with Crippen molar-refractivity contribution in [2.45, 2.75) is 18.9 Å². The van der Waals surface area contributed by atoms with Crippen molar-refractivity contribution in [1.29, 1.82) is 0 Å². The first-order valence-corrected chi connectivity index (χ1v) is 4.90. The Bertz CT molecular complexity index is 343. The van der Waals surface area contributed by atoms with E-state index in [1.165, 1.54) is 0 Å². The highest BCUT2D eigenvalue weighted by molar-refractivity contribution is 6.28. The summed E-state index contributed by atoms with van der Waals surface area (Å²) in [6.07, 6.45) is 2.38. The quantitative estimate of drug-likeness (QED) is 0.710. The van der Waals surface area contributed by atoms with E-state index in [1.807, 2.05) is 11.8 Å². The molecule has 1 aliphatic heterocycles. The van der Waals surface area contributed by atoms with Gasteiger partial charge in [0.1, 0.15) is 5.82 Å². The van der Waals surface area contributed by atoms with Gasteiger partial charge in [0.05, 0.1) is 5.60 Å². The van der Waals surface area contributed by atoms with Gasteiger partial charge in [0.15, 0.2) is 0 Å². The zero-order valence-electron chi connectivity index (χ0n) is 7.94. The number of aromatic nitrogens is 2. The number of rotatable bonds is 1. The van der Waals surface area contributed by atoms with Gasteiger partial charge in [0.25, 0.3) is 0 Å². The summed E-state index contributed by atoms with van der Waals surface area (Å²) in [4.78, 5) is 9.91. The molecule has 1 N–H and O–H groups in total. The highest BCUT2D eigenvalue weighted by Gasteiger charge is 2.31. The standard InChI is InChI=1S/C9H12ClN3O/c1-9(14)3-5-13(6-9)7-2-4-11-8(10)12-7/h2,4,14H,3,5-6H2,1H3. The van der Waals surface area contributed by atoms with E-state index in [-0.39, 0.29) is 5.28 Å². The SMILES string of the molecule is CC1(O)CCN(c2ccnc(Cl)n2)C1. The Balaban J connectivity index is 2.17. The summed E-state index contributed by atoms with van der Waals surface area (Å²) in [5, 5.41) is 10.0. The van der Waals surface area contributed by atoms with Crippen LogP contribution in [-0.2, 0) is 0 Å². The lowest BCUT2D eigenvalue weighted by Gasteiger charge is -2.19. The number of aliphatic hydroxyl groups is 1. The summed E-state index contributed by atoms with van der Waals surface area (Å²) >= 11 is 5.68. The van der Waals surface area contributed by atoms with Crippen LogP contribution >= 0.6 is 11.6 Å². The molecular weight excluding hydrogens is 202 g/mol. The number of nitrogens with zero attached hydrogens (tertiary/aromatic N) is 3. The van der Waals surface area contributed by atoms with Crippen molar-refractivity contribution in [3.63, 3.8) is 0 Å². The molecule has 1 atom stereocenters. The van der Waals surface area contributed by atoms with Gasteiger partial charge in [0.2, 0.25) is 5.28 Å². The van der Waals surface area contributed by atoms with E-state index in [1.54, 1.807) is 12.3 Å². The average molecular weight is 214 g/mol. The molecule has 1 aromatic heterocycles. The Morgan fingerprint density at radius 3 is 3.00 bits per heavy atom. The molecule has 1 fully saturated rings. The minimum atomic E-state index is -0.614. The third-order valence-corrected chi connectivity index (χ3v) is 2.57. The minimum Gasteiger partial charge on any atom is -0.388 e. The fourth-order valence-electron chi connectivity index (χ4n) is 1.64. The Morgan fingerprint density at radius 1 is 1.64 bits per heavy atom. The molecule has 2 rings (SSSR count). The third-order valence-electron chi connectivity index (χ3n) is 2.39. The number of hydrogen-bond donors (Lipinski definition) is 1. The molecule has 0 bridgehead atoms. The summed E-state index contributed by atoms with van der Waals surface area (Å²) in [5.41, 5.74) is -0.614. The second-order valence-corrected chi connectivity index (χ2v) is 4.19. The lowest BCUT2D eigenvalue weighted by atomic mass is 10.1. The van der Waals surface area contributed by atoms with Gasteiger partial charge in [-0.15, -0.1) is 0 Å². The summed E-state index contributed by atoms with van der Waals surface area (Å²) in [6.45, 7) is 3.23. The zero-order chi connectivity index (χ0) is 10.2. The van der Waals surface area contributed by atoms with Gasteiger partial charge in [0, 0.05) is 19.3 Å². The normalized spacial score (nSPS) is 26.9. The monoisotopic (exact) mass is 213 g/mol. The molecule has 0 amide bonds. The Morgan fingerprint density at radius 2 is 2.43 bits per heavy atom.